The summed E-state index contributed by atoms with van der Waals surface area (Å²) in [5.74, 6) is -3.79. The molecule has 2 aromatic rings. The average Bonchev–Trinajstić information content (AvgIpc) is 2.87. The van der Waals surface area contributed by atoms with E-state index in [1.807, 2.05) is 0 Å². The molecule has 26 heavy (non-hydrogen) atoms. The molecule has 0 aliphatic heterocycles. The Morgan fingerprint density at radius 1 is 1.35 bits per heavy atom. The number of aromatic carboxylic acids is 1. The lowest BCUT2D eigenvalue weighted by atomic mass is 10.0. The SMILES string of the molecule is C=C(F)c1nn(C)c(C(=O)Cc2ccc(Cl)c(C(=O)O)c2)c1C(F)(F)F. The van der Waals surface area contributed by atoms with Crippen LogP contribution in [-0.2, 0) is 19.6 Å². The Labute approximate surface area is 149 Å². The largest absolute Gasteiger partial charge is 0.478 e. The van der Waals surface area contributed by atoms with Crippen molar-refractivity contribution in [1.82, 2.24) is 9.78 Å². The maximum absolute atomic E-state index is 13.3. The number of hydrogen-bond donors (Lipinski definition) is 1. The van der Waals surface area contributed by atoms with Gasteiger partial charge in [-0.25, -0.2) is 9.18 Å². The van der Waals surface area contributed by atoms with Gasteiger partial charge in [-0.1, -0.05) is 24.2 Å². The predicted octanol–water partition coefficient (Wildman–Crippen LogP) is 4.16. The number of aryl methyl sites for hydroxylation is 1. The molecule has 0 saturated carbocycles. The highest BCUT2D eigenvalue weighted by Crippen LogP contribution is 2.37. The van der Waals surface area contributed by atoms with Crippen molar-refractivity contribution in [3.8, 4) is 0 Å². The molecule has 0 radical (unpaired) electrons. The smallest absolute Gasteiger partial charge is 0.420 e. The standard InChI is InChI=1S/C16H11ClF4N2O3/c1-7(18)13-12(16(19,20)21)14(23(2)22-13)11(24)6-8-3-4-10(17)9(5-8)15(25)26/h3-5H,1,6H2,2H3,(H,25,26). The second-order valence-corrected chi connectivity index (χ2v) is 5.72. The van der Waals surface area contributed by atoms with Gasteiger partial charge >= 0.3 is 12.1 Å². The van der Waals surface area contributed by atoms with Gasteiger partial charge in [-0.05, 0) is 17.7 Å². The molecule has 0 atom stereocenters. The lowest BCUT2D eigenvalue weighted by molar-refractivity contribution is -0.138. The van der Waals surface area contributed by atoms with Gasteiger partial charge in [0.25, 0.3) is 0 Å². The second-order valence-electron chi connectivity index (χ2n) is 5.32. The number of hydrogen-bond acceptors (Lipinski definition) is 3. The second kappa shape index (κ2) is 6.91. The van der Waals surface area contributed by atoms with Gasteiger partial charge in [-0.3, -0.25) is 9.48 Å². The topological polar surface area (TPSA) is 72.2 Å². The molecule has 10 heteroatoms. The minimum atomic E-state index is -5.03. The van der Waals surface area contributed by atoms with E-state index >= 15 is 0 Å². The molecule has 1 N–H and O–H groups in total. The Bertz CT molecular complexity index is 919. The van der Waals surface area contributed by atoms with Crippen molar-refractivity contribution in [3.05, 3.63) is 57.9 Å². The third-order valence-electron chi connectivity index (χ3n) is 3.48. The number of halogens is 5. The first-order chi connectivity index (χ1) is 11.9. The predicted molar refractivity (Wildman–Crippen MR) is 84.8 cm³/mol. The minimum absolute atomic E-state index is 0.0822. The Hall–Kier alpha value is -2.68. The highest BCUT2D eigenvalue weighted by molar-refractivity contribution is 6.33. The van der Waals surface area contributed by atoms with Gasteiger partial charge in [0.2, 0.25) is 0 Å². The van der Waals surface area contributed by atoms with Crippen molar-refractivity contribution in [2.75, 3.05) is 0 Å². The fraction of sp³-hybridized carbons (Fsp3) is 0.188. The maximum Gasteiger partial charge on any atom is 0.420 e. The van der Waals surface area contributed by atoms with Crippen LogP contribution in [0.3, 0.4) is 0 Å². The first-order valence-corrected chi connectivity index (χ1v) is 7.35. The normalized spacial score (nSPS) is 11.5. The van der Waals surface area contributed by atoms with E-state index in [1.54, 1.807) is 0 Å². The molecule has 0 aliphatic rings. The number of ketones is 1. The van der Waals surface area contributed by atoms with Crippen LogP contribution >= 0.6 is 11.6 Å². The zero-order valence-electron chi connectivity index (χ0n) is 13.2. The summed E-state index contributed by atoms with van der Waals surface area (Å²) in [5, 5.41) is 12.3. The van der Waals surface area contributed by atoms with Crippen molar-refractivity contribution >= 4 is 29.2 Å². The van der Waals surface area contributed by atoms with Crippen LogP contribution in [0.1, 0.15) is 37.7 Å². The van der Waals surface area contributed by atoms with E-state index in [1.165, 1.54) is 12.1 Å². The van der Waals surface area contributed by atoms with Crippen LogP contribution in [-0.4, -0.2) is 26.6 Å². The number of carbonyl (C=O) groups is 2. The molecule has 138 valence electrons. The van der Waals surface area contributed by atoms with E-state index in [9.17, 15) is 27.2 Å². The number of aromatic nitrogens is 2. The molecule has 1 heterocycles. The Kier molecular flexibility index (Phi) is 5.22. The zero-order chi connectivity index (χ0) is 19.8. The van der Waals surface area contributed by atoms with Crippen LogP contribution < -0.4 is 0 Å². The fourth-order valence-corrected chi connectivity index (χ4v) is 2.62. The summed E-state index contributed by atoms with van der Waals surface area (Å²) >= 11 is 5.71. The van der Waals surface area contributed by atoms with Crippen molar-refractivity contribution < 1.29 is 32.3 Å². The number of benzene rings is 1. The fourth-order valence-electron chi connectivity index (χ4n) is 2.42. The van der Waals surface area contributed by atoms with Crippen LogP contribution in [0.5, 0.6) is 0 Å². The summed E-state index contributed by atoms with van der Waals surface area (Å²) in [4.78, 5) is 23.5. The number of alkyl halides is 3. The summed E-state index contributed by atoms with van der Waals surface area (Å²) < 4.78 is 53.8. The third-order valence-corrected chi connectivity index (χ3v) is 3.81. The molecular weight excluding hydrogens is 380 g/mol. The quantitative estimate of drug-likeness (QED) is 0.614. The molecule has 1 aromatic carbocycles. The maximum atomic E-state index is 13.3. The molecule has 0 saturated heterocycles. The van der Waals surface area contributed by atoms with E-state index in [2.05, 4.69) is 11.7 Å². The van der Waals surface area contributed by atoms with Crippen molar-refractivity contribution in [2.24, 2.45) is 7.05 Å². The van der Waals surface area contributed by atoms with E-state index in [0.29, 0.717) is 4.68 Å². The number of carboxylic acids is 1. The number of carbonyl (C=O) groups excluding carboxylic acids is 1. The monoisotopic (exact) mass is 390 g/mol. The molecule has 0 aliphatic carbocycles. The van der Waals surface area contributed by atoms with Crippen molar-refractivity contribution in [3.63, 3.8) is 0 Å². The number of nitrogens with zero attached hydrogens (tertiary/aromatic N) is 2. The molecule has 2 rings (SSSR count). The molecular formula is C16H11ClF4N2O3. The Balaban J connectivity index is 2.50. The molecule has 5 nitrogen and oxygen atoms in total. The summed E-state index contributed by atoms with van der Waals surface area (Å²) in [5.41, 5.74) is -3.60. The lowest BCUT2D eigenvalue weighted by Gasteiger charge is -2.10. The van der Waals surface area contributed by atoms with Gasteiger partial charge in [0, 0.05) is 13.5 Å². The minimum Gasteiger partial charge on any atom is -0.478 e. The van der Waals surface area contributed by atoms with Crippen LogP contribution in [0.4, 0.5) is 17.6 Å². The molecule has 1 aromatic heterocycles. The van der Waals surface area contributed by atoms with Crippen molar-refractivity contribution in [1.29, 1.82) is 0 Å². The van der Waals surface area contributed by atoms with E-state index < -0.39 is 47.1 Å². The van der Waals surface area contributed by atoms with Crippen LogP contribution in [0, 0.1) is 0 Å². The lowest BCUT2D eigenvalue weighted by Crippen LogP contribution is -2.17. The average molecular weight is 391 g/mol. The molecule has 0 bridgehead atoms. The molecule has 0 spiro atoms. The van der Waals surface area contributed by atoms with Gasteiger partial charge in [-0.2, -0.15) is 18.3 Å². The van der Waals surface area contributed by atoms with E-state index in [0.717, 1.165) is 13.1 Å². The van der Waals surface area contributed by atoms with Gasteiger partial charge in [0.15, 0.2) is 5.78 Å². The van der Waals surface area contributed by atoms with E-state index in [-0.39, 0.29) is 16.1 Å². The van der Waals surface area contributed by atoms with Gasteiger partial charge in [0.1, 0.15) is 22.8 Å². The summed E-state index contributed by atoms with van der Waals surface area (Å²) in [6, 6.07) is 3.61. The van der Waals surface area contributed by atoms with E-state index in [4.69, 9.17) is 16.7 Å². The number of Topliss-reactive ketones (excluding diaryl/α,β-unsaturated/α-hetero) is 1. The zero-order valence-corrected chi connectivity index (χ0v) is 14.0. The first-order valence-electron chi connectivity index (χ1n) is 6.97. The molecule has 0 amide bonds. The summed E-state index contributed by atoms with van der Waals surface area (Å²) in [7, 11) is 1.07. The van der Waals surface area contributed by atoms with Gasteiger partial charge < -0.3 is 5.11 Å². The van der Waals surface area contributed by atoms with Gasteiger partial charge in [0.05, 0.1) is 10.6 Å². The third kappa shape index (κ3) is 3.77. The highest BCUT2D eigenvalue weighted by Gasteiger charge is 2.42. The first kappa shape index (κ1) is 19.6. The van der Waals surface area contributed by atoms with Gasteiger partial charge in [-0.15, -0.1) is 0 Å². The number of carboxylic acid groups (broad SMARTS) is 1. The Morgan fingerprint density at radius 2 is 1.96 bits per heavy atom. The summed E-state index contributed by atoms with van der Waals surface area (Å²) in [6.07, 6.45) is -5.59. The van der Waals surface area contributed by atoms with Crippen LogP contribution in [0.25, 0.3) is 5.83 Å². The molecule has 0 fully saturated rings. The summed E-state index contributed by atoms with van der Waals surface area (Å²) in [6.45, 7) is 2.80. The number of rotatable bonds is 5. The van der Waals surface area contributed by atoms with Crippen LogP contribution in [0.15, 0.2) is 24.8 Å². The molecule has 0 unspecified atom stereocenters. The van der Waals surface area contributed by atoms with Crippen LogP contribution in [0.2, 0.25) is 5.02 Å². The highest BCUT2D eigenvalue weighted by atomic mass is 35.5. The Morgan fingerprint density at radius 3 is 2.46 bits per heavy atom. The van der Waals surface area contributed by atoms with Crippen molar-refractivity contribution in [2.45, 2.75) is 12.6 Å².